The van der Waals surface area contributed by atoms with Gasteiger partial charge in [-0.25, -0.2) is 0 Å². The Bertz CT molecular complexity index is 102. The summed E-state index contributed by atoms with van der Waals surface area (Å²) < 4.78 is 0. The summed E-state index contributed by atoms with van der Waals surface area (Å²) in [5.41, 5.74) is 5.03. The number of aliphatic carboxylic acids is 1. The van der Waals surface area contributed by atoms with Gasteiger partial charge in [-0.05, 0) is 6.92 Å². The molecule has 1 unspecified atom stereocenters. The molecule has 9 heavy (non-hydrogen) atoms. The molecule has 4 N–H and O–H groups in total. The van der Waals surface area contributed by atoms with Gasteiger partial charge in [-0.1, -0.05) is 0 Å². The second-order valence-corrected chi connectivity index (χ2v) is 1.92. The van der Waals surface area contributed by atoms with Gasteiger partial charge in [0.1, 0.15) is 0 Å². The standard InChI is InChI=1S/C5H11NO3/c1-3(7)4(2-6)5(8)9/h3-4,7H,2,6H2,1H3,(H,8,9)/t3?,4-/m0/s1. The van der Waals surface area contributed by atoms with Gasteiger partial charge >= 0.3 is 5.97 Å². The van der Waals surface area contributed by atoms with Gasteiger partial charge in [0.15, 0.2) is 0 Å². The van der Waals surface area contributed by atoms with Crippen LogP contribution in [0.5, 0.6) is 0 Å². The normalized spacial score (nSPS) is 16.8. The molecule has 0 aromatic rings. The Morgan fingerprint density at radius 2 is 2.22 bits per heavy atom. The number of hydrogen-bond donors (Lipinski definition) is 3. The van der Waals surface area contributed by atoms with Gasteiger partial charge in [0.25, 0.3) is 0 Å². The van der Waals surface area contributed by atoms with Crippen LogP contribution in [0.3, 0.4) is 0 Å². The molecule has 0 saturated heterocycles. The molecule has 0 aromatic carbocycles. The van der Waals surface area contributed by atoms with Crippen LogP contribution in [0.1, 0.15) is 6.92 Å². The average Bonchev–Trinajstić information content (AvgIpc) is 1.64. The number of carboxylic acids is 1. The lowest BCUT2D eigenvalue weighted by Gasteiger charge is -2.11. The topological polar surface area (TPSA) is 83.5 Å². The smallest absolute Gasteiger partial charge is 0.310 e. The minimum Gasteiger partial charge on any atom is -0.481 e. The van der Waals surface area contributed by atoms with Gasteiger partial charge in [-0.3, -0.25) is 4.79 Å². The predicted molar refractivity (Wildman–Crippen MR) is 31.9 cm³/mol. The monoisotopic (exact) mass is 133 g/mol. The van der Waals surface area contributed by atoms with Crippen LogP contribution in [0.4, 0.5) is 0 Å². The van der Waals surface area contributed by atoms with Crippen molar-refractivity contribution < 1.29 is 15.0 Å². The van der Waals surface area contributed by atoms with E-state index in [1.165, 1.54) is 6.92 Å². The Morgan fingerprint density at radius 1 is 1.78 bits per heavy atom. The van der Waals surface area contributed by atoms with E-state index in [9.17, 15) is 4.79 Å². The highest BCUT2D eigenvalue weighted by molar-refractivity contribution is 5.70. The summed E-state index contributed by atoms with van der Waals surface area (Å²) in [6, 6.07) is 0. The fourth-order valence-corrected chi connectivity index (χ4v) is 0.504. The zero-order chi connectivity index (χ0) is 7.44. The molecule has 0 aliphatic rings. The van der Waals surface area contributed by atoms with Crippen molar-refractivity contribution in [2.75, 3.05) is 6.54 Å². The highest BCUT2D eigenvalue weighted by Crippen LogP contribution is 1.99. The maximum atomic E-state index is 10.1. The Kier molecular flexibility index (Phi) is 3.19. The van der Waals surface area contributed by atoms with Crippen LogP contribution >= 0.6 is 0 Å². The maximum absolute atomic E-state index is 10.1. The molecule has 0 saturated carbocycles. The van der Waals surface area contributed by atoms with Crippen LogP contribution in [0.2, 0.25) is 0 Å². The van der Waals surface area contributed by atoms with Crippen molar-refractivity contribution in [3.05, 3.63) is 0 Å². The minimum absolute atomic E-state index is 0.0208. The van der Waals surface area contributed by atoms with Crippen LogP contribution in [-0.2, 0) is 4.79 Å². The van der Waals surface area contributed by atoms with E-state index in [2.05, 4.69) is 0 Å². The van der Waals surface area contributed by atoms with Gasteiger partial charge < -0.3 is 15.9 Å². The van der Waals surface area contributed by atoms with Crippen molar-refractivity contribution in [1.82, 2.24) is 0 Å². The fraction of sp³-hybridized carbons (Fsp3) is 0.800. The van der Waals surface area contributed by atoms with Crippen molar-refractivity contribution in [3.63, 3.8) is 0 Å². The molecule has 0 spiro atoms. The molecule has 0 heterocycles. The molecule has 0 rings (SSSR count). The van der Waals surface area contributed by atoms with Crippen molar-refractivity contribution in [3.8, 4) is 0 Å². The lowest BCUT2D eigenvalue weighted by molar-refractivity contribution is -0.144. The van der Waals surface area contributed by atoms with Crippen molar-refractivity contribution in [2.24, 2.45) is 11.7 Å². The largest absolute Gasteiger partial charge is 0.481 e. The van der Waals surface area contributed by atoms with E-state index in [-0.39, 0.29) is 6.54 Å². The fourth-order valence-electron chi connectivity index (χ4n) is 0.504. The average molecular weight is 133 g/mol. The molecule has 0 fully saturated rings. The summed E-state index contributed by atoms with van der Waals surface area (Å²) in [6.07, 6.45) is -0.868. The lowest BCUT2D eigenvalue weighted by Crippen LogP contribution is -2.32. The number of aliphatic hydroxyl groups is 1. The SMILES string of the molecule is CC(O)[C@H](CN)C(=O)O. The van der Waals surface area contributed by atoms with Gasteiger partial charge in [0.05, 0.1) is 12.0 Å². The Balaban J connectivity index is 3.83. The highest BCUT2D eigenvalue weighted by Gasteiger charge is 2.20. The first-order chi connectivity index (χ1) is 4.09. The molecule has 4 heteroatoms. The van der Waals surface area contributed by atoms with Gasteiger partial charge in [-0.2, -0.15) is 0 Å². The van der Waals surface area contributed by atoms with Crippen LogP contribution in [-0.4, -0.2) is 28.8 Å². The molecular weight excluding hydrogens is 122 g/mol. The molecule has 0 aliphatic carbocycles. The molecule has 0 amide bonds. The van der Waals surface area contributed by atoms with Crippen LogP contribution in [0, 0.1) is 5.92 Å². The first-order valence-electron chi connectivity index (χ1n) is 2.70. The molecule has 0 aliphatic heterocycles. The highest BCUT2D eigenvalue weighted by atomic mass is 16.4. The summed E-state index contributed by atoms with van der Waals surface area (Å²) in [4.78, 5) is 10.1. The van der Waals surface area contributed by atoms with Crippen molar-refractivity contribution >= 4 is 5.97 Å². The van der Waals surface area contributed by atoms with E-state index in [0.29, 0.717) is 0 Å². The zero-order valence-electron chi connectivity index (χ0n) is 5.24. The lowest BCUT2D eigenvalue weighted by atomic mass is 10.1. The first kappa shape index (κ1) is 8.39. The van der Waals surface area contributed by atoms with E-state index in [4.69, 9.17) is 15.9 Å². The molecule has 4 nitrogen and oxygen atoms in total. The molecular formula is C5H11NO3. The molecule has 2 atom stereocenters. The quantitative estimate of drug-likeness (QED) is 0.462. The molecule has 0 radical (unpaired) electrons. The summed E-state index contributed by atoms with van der Waals surface area (Å²) >= 11 is 0. The van der Waals surface area contributed by atoms with Crippen molar-refractivity contribution in [1.29, 1.82) is 0 Å². The molecule has 0 aromatic heterocycles. The maximum Gasteiger partial charge on any atom is 0.310 e. The number of rotatable bonds is 3. The molecule has 54 valence electrons. The third kappa shape index (κ3) is 2.43. The number of hydrogen-bond acceptors (Lipinski definition) is 3. The molecule has 0 bridgehead atoms. The summed E-state index contributed by atoms with van der Waals surface area (Å²) in [5, 5.41) is 17.0. The summed E-state index contributed by atoms with van der Waals surface area (Å²) in [5.74, 6) is -1.88. The van der Waals surface area contributed by atoms with E-state index in [1.54, 1.807) is 0 Å². The second-order valence-electron chi connectivity index (χ2n) is 1.92. The third-order valence-electron chi connectivity index (χ3n) is 1.15. The number of carboxylic acid groups (broad SMARTS) is 1. The van der Waals surface area contributed by atoms with Gasteiger partial charge in [0, 0.05) is 6.54 Å². The summed E-state index contributed by atoms with van der Waals surface area (Å²) in [7, 11) is 0. The third-order valence-corrected chi connectivity index (χ3v) is 1.15. The van der Waals surface area contributed by atoms with Gasteiger partial charge in [0.2, 0.25) is 0 Å². The van der Waals surface area contributed by atoms with Crippen LogP contribution < -0.4 is 5.73 Å². The second kappa shape index (κ2) is 3.42. The Morgan fingerprint density at radius 3 is 2.22 bits per heavy atom. The number of aliphatic hydroxyl groups excluding tert-OH is 1. The van der Waals surface area contributed by atoms with E-state index >= 15 is 0 Å². The summed E-state index contributed by atoms with van der Waals surface area (Å²) in [6.45, 7) is 1.39. The Hall–Kier alpha value is -0.610. The first-order valence-corrected chi connectivity index (χ1v) is 2.70. The minimum atomic E-state index is -1.05. The van der Waals surface area contributed by atoms with E-state index in [1.807, 2.05) is 0 Å². The Labute approximate surface area is 53.3 Å². The predicted octanol–water partition coefficient (Wildman–Crippen LogP) is -0.973. The van der Waals surface area contributed by atoms with E-state index < -0.39 is 18.0 Å². The van der Waals surface area contributed by atoms with Crippen LogP contribution in [0.25, 0.3) is 0 Å². The number of nitrogens with two attached hydrogens (primary N) is 1. The van der Waals surface area contributed by atoms with Crippen LogP contribution in [0.15, 0.2) is 0 Å². The number of carbonyl (C=O) groups is 1. The van der Waals surface area contributed by atoms with Crippen molar-refractivity contribution in [2.45, 2.75) is 13.0 Å². The zero-order valence-corrected chi connectivity index (χ0v) is 5.24. The van der Waals surface area contributed by atoms with Gasteiger partial charge in [-0.15, -0.1) is 0 Å². The van der Waals surface area contributed by atoms with E-state index in [0.717, 1.165) is 0 Å².